The van der Waals surface area contributed by atoms with Crippen LogP contribution >= 0.6 is 0 Å². The van der Waals surface area contributed by atoms with Crippen LogP contribution < -0.4 is 0 Å². The molecule has 2 aromatic heterocycles. The number of benzene rings is 2. The molecule has 5 rings (SSSR count). The number of aromatic nitrogens is 5. The van der Waals surface area contributed by atoms with Crippen molar-refractivity contribution in [2.45, 2.75) is 32.4 Å². The average molecular weight is 468 g/mol. The van der Waals surface area contributed by atoms with Crippen LogP contribution in [0.1, 0.15) is 42.8 Å². The van der Waals surface area contributed by atoms with E-state index in [-0.39, 0.29) is 6.04 Å². The first kappa shape index (κ1) is 23.3. The van der Waals surface area contributed by atoms with Crippen molar-refractivity contribution in [3.63, 3.8) is 0 Å². The van der Waals surface area contributed by atoms with Gasteiger partial charge in [-0.3, -0.25) is 14.8 Å². The lowest BCUT2D eigenvalue weighted by molar-refractivity contribution is 0.113. The van der Waals surface area contributed by atoms with E-state index < -0.39 is 0 Å². The third-order valence-corrected chi connectivity index (χ3v) is 6.75. The lowest BCUT2D eigenvalue weighted by atomic mass is 9.99. The Hall–Kier alpha value is -3.42. The van der Waals surface area contributed by atoms with Crippen LogP contribution in [0, 0.1) is 0 Å². The summed E-state index contributed by atoms with van der Waals surface area (Å²) in [4.78, 5) is 9.65. The Balaban J connectivity index is 1.37. The van der Waals surface area contributed by atoms with Crippen LogP contribution in [0.5, 0.6) is 0 Å². The molecule has 1 fully saturated rings. The van der Waals surface area contributed by atoms with Gasteiger partial charge in [-0.25, -0.2) is 4.68 Å². The predicted molar refractivity (Wildman–Crippen MR) is 140 cm³/mol. The number of rotatable bonds is 9. The third-order valence-electron chi connectivity index (χ3n) is 6.75. The molecule has 3 heterocycles. The van der Waals surface area contributed by atoms with Gasteiger partial charge in [0.15, 0.2) is 5.82 Å². The summed E-state index contributed by atoms with van der Waals surface area (Å²) < 4.78 is 2.00. The first-order valence-electron chi connectivity index (χ1n) is 12.6. The van der Waals surface area contributed by atoms with E-state index in [4.69, 9.17) is 0 Å². The van der Waals surface area contributed by atoms with Gasteiger partial charge >= 0.3 is 0 Å². The number of fused-ring (bicyclic) bond motifs is 1. The van der Waals surface area contributed by atoms with E-state index >= 15 is 0 Å². The fourth-order valence-corrected chi connectivity index (χ4v) is 4.84. The minimum Gasteiger partial charge on any atom is -0.297 e. The molecule has 35 heavy (non-hydrogen) atoms. The van der Waals surface area contributed by atoms with Crippen molar-refractivity contribution in [3.8, 4) is 0 Å². The van der Waals surface area contributed by atoms with Gasteiger partial charge in [0.05, 0.1) is 11.6 Å². The summed E-state index contributed by atoms with van der Waals surface area (Å²) in [6, 6.07) is 21.0. The number of hydrogen-bond acceptors (Lipinski definition) is 6. The zero-order valence-electron chi connectivity index (χ0n) is 20.4. The average Bonchev–Trinajstić information content (AvgIpc) is 3.37. The highest BCUT2D eigenvalue weighted by Crippen LogP contribution is 2.32. The van der Waals surface area contributed by atoms with Crippen molar-refractivity contribution >= 4 is 17.0 Å². The fourth-order valence-electron chi connectivity index (χ4n) is 4.84. The smallest absolute Gasteiger partial charge is 0.173 e. The number of unbranched alkanes of at least 4 members (excludes halogenated alkanes) is 1. The van der Waals surface area contributed by atoms with Gasteiger partial charge in [0.1, 0.15) is 0 Å². The van der Waals surface area contributed by atoms with Crippen LogP contribution in [0.15, 0.2) is 72.9 Å². The summed E-state index contributed by atoms with van der Waals surface area (Å²) in [5.74, 6) is 0.923. The summed E-state index contributed by atoms with van der Waals surface area (Å²) in [6.45, 7) is 7.93. The van der Waals surface area contributed by atoms with Gasteiger partial charge in [-0.2, -0.15) is 0 Å². The number of pyridine rings is 1. The number of tetrazole rings is 1. The maximum atomic E-state index is 4.60. The largest absolute Gasteiger partial charge is 0.297 e. The van der Waals surface area contributed by atoms with Gasteiger partial charge < -0.3 is 0 Å². The van der Waals surface area contributed by atoms with Gasteiger partial charge in [0, 0.05) is 50.9 Å². The molecule has 1 unspecified atom stereocenters. The predicted octanol–water partition coefficient (Wildman–Crippen LogP) is 4.44. The Labute approximate surface area is 207 Å². The van der Waals surface area contributed by atoms with Crippen molar-refractivity contribution in [1.29, 1.82) is 0 Å². The van der Waals surface area contributed by atoms with E-state index in [0.29, 0.717) is 0 Å². The molecule has 0 spiro atoms. The quantitative estimate of drug-likeness (QED) is 0.363. The van der Waals surface area contributed by atoms with Crippen LogP contribution in [0.2, 0.25) is 0 Å². The molecule has 0 N–H and O–H groups in total. The van der Waals surface area contributed by atoms with Gasteiger partial charge in [0.2, 0.25) is 0 Å². The summed E-state index contributed by atoms with van der Waals surface area (Å²) in [5.41, 5.74) is 3.47. The monoisotopic (exact) mass is 467 g/mol. The molecule has 0 amide bonds. The molecule has 0 aliphatic carbocycles. The van der Waals surface area contributed by atoms with Gasteiger partial charge in [0.25, 0.3) is 0 Å². The van der Waals surface area contributed by atoms with Crippen molar-refractivity contribution in [3.05, 3.63) is 89.9 Å². The van der Waals surface area contributed by atoms with Crippen molar-refractivity contribution in [1.82, 2.24) is 35.0 Å². The topological polar surface area (TPSA) is 63.0 Å². The lowest BCUT2D eigenvalue weighted by Crippen LogP contribution is -2.48. The molecule has 1 aliphatic heterocycles. The molecule has 0 radical (unpaired) electrons. The van der Waals surface area contributed by atoms with Crippen molar-refractivity contribution in [2.24, 2.45) is 0 Å². The lowest BCUT2D eigenvalue weighted by Gasteiger charge is -2.38. The second-order valence-electron chi connectivity index (χ2n) is 9.08. The highest BCUT2D eigenvalue weighted by atomic mass is 15.6. The summed E-state index contributed by atoms with van der Waals surface area (Å²) in [6.07, 6.45) is 8.56. The second kappa shape index (κ2) is 11.3. The molecule has 7 heteroatoms. The third kappa shape index (κ3) is 5.47. The number of nitrogens with zero attached hydrogens (tertiary/aromatic N) is 7. The highest BCUT2D eigenvalue weighted by molar-refractivity contribution is 5.82. The summed E-state index contributed by atoms with van der Waals surface area (Å²) >= 11 is 0. The Bertz CT molecular complexity index is 1240. The molecular weight excluding hydrogens is 434 g/mol. The van der Waals surface area contributed by atoms with E-state index in [1.807, 2.05) is 16.9 Å². The normalized spacial score (nSPS) is 16.3. The van der Waals surface area contributed by atoms with Crippen LogP contribution in [0.3, 0.4) is 0 Å². The van der Waals surface area contributed by atoms with E-state index in [1.165, 1.54) is 16.5 Å². The number of hydrogen-bond donors (Lipinski definition) is 0. The van der Waals surface area contributed by atoms with Crippen LogP contribution in [0.25, 0.3) is 17.0 Å². The van der Waals surface area contributed by atoms with Crippen LogP contribution in [0.4, 0.5) is 0 Å². The number of aryl methyl sites for hydroxylation is 1. The van der Waals surface area contributed by atoms with Crippen molar-refractivity contribution in [2.75, 3.05) is 32.7 Å². The van der Waals surface area contributed by atoms with E-state index in [1.54, 1.807) is 0 Å². The Morgan fingerprint density at radius 3 is 2.57 bits per heavy atom. The Morgan fingerprint density at radius 1 is 0.943 bits per heavy atom. The zero-order valence-corrected chi connectivity index (χ0v) is 20.4. The van der Waals surface area contributed by atoms with Crippen molar-refractivity contribution < 1.29 is 0 Å². The first-order chi connectivity index (χ1) is 17.3. The summed E-state index contributed by atoms with van der Waals surface area (Å²) in [7, 11) is 0. The van der Waals surface area contributed by atoms with E-state index in [0.717, 1.165) is 63.5 Å². The Kier molecular flexibility index (Phi) is 7.56. The van der Waals surface area contributed by atoms with E-state index in [2.05, 4.69) is 104 Å². The van der Waals surface area contributed by atoms with Gasteiger partial charge in [-0.05, 0) is 40.1 Å². The molecule has 7 nitrogen and oxygen atoms in total. The molecule has 180 valence electrons. The number of piperazine rings is 1. The minimum absolute atomic E-state index is 0.00299. The minimum atomic E-state index is -0.00299. The highest BCUT2D eigenvalue weighted by Gasteiger charge is 2.31. The molecule has 1 saturated heterocycles. The molecule has 0 saturated carbocycles. The molecule has 1 aliphatic rings. The van der Waals surface area contributed by atoms with Gasteiger partial charge in [-0.1, -0.05) is 74.0 Å². The standard InChI is InChI=1S/C28H33N7/c1-2-3-18-35-28(30-31-32-35)27(25-15-16-29-26-14-8-7-13-24(25)26)34-21-19-33(20-22-34)17-9-12-23-10-5-4-6-11-23/h4-16,27H,2-3,17-22H2,1H3/b12-9+. The SMILES string of the molecule is CCCCn1nnnc1C(c1ccnc2ccccc12)N1CCN(C/C=C/c2ccccc2)CC1. The molecule has 1 atom stereocenters. The number of para-hydroxylation sites is 1. The molecule has 0 bridgehead atoms. The molecule has 4 aromatic rings. The first-order valence-corrected chi connectivity index (χ1v) is 12.6. The fraction of sp³-hybridized carbons (Fsp3) is 0.357. The molecule has 2 aromatic carbocycles. The van der Waals surface area contributed by atoms with E-state index in [9.17, 15) is 0 Å². The maximum Gasteiger partial charge on any atom is 0.173 e. The molecular formula is C28H33N7. The van der Waals surface area contributed by atoms with Crippen LogP contribution in [-0.4, -0.2) is 67.7 Å². The Morgan fingerprint density at radius 2 is 1.74 bits per heavy atom. The maximum absolute atomic E-state index is 4.60. The van der Waals surface area contributed by atoms with Gasteiger partial charge in [-0.15, -0.1) is 5.10 Å². The van der Waals surface area contributed by atoms with Crippen LogP contribution in [-0.2, 0) is 6.54 Å². The second-order valence-corrected chi connectivity index (χ2v) is 9.08. The summed E-state index contributed by atoms with van der Waals surface area (Å²) in [5, 5.41) is 14.1. The zero-order chi connectivity index (χ0) is 23.9.